The zero-order valence-electron chi connectivity index (χ0n) is 10.6. The molecule has 86 valence electrons. The summed E-state index contributed by atoms with van der Waals surface area (Å²) in [5.41, 5.74) is 0. The third-order valence-corrected chi connectivity index (χ3v) is 2.58. The van der Waals surface area contributed by atoms with Gasteiger partial charge in [-0.1, -0.05) is 64.7 Å². The first-order chi connectivity index (χ1) is 6.91. The van der Waals surface area contributed by atoms with Gasteiger partial charge in [0.15, 0.2) is 0 Å². The third kappa shape index (κ3) is 17.5. The summed E-state index contributed by atoms with van der Waals surface area (Å²) in [6.07, 6.45) is 12.9. The molecule has 0 N–H and O–H groups in total. The molecule has 0 saturated carbocycles. The van der Waals surface area contributed by atoms with Crippen molar-refractivity contribution >= 4 is 0 Å². The molecule has 0 aromatic carbocycles. The summed E-state index contributed by atoms with van der Waals surface area (Å²) < 4.78 is 0. The van der Waals surface area contributed by atoms with E-state index in [1.807, 2.05) is 0 Å². The van der Waals surface area contributed by atoms with E-state index < -0.39 is 0 Å². The molecule has 15 heavy (non-hydrogen) atoms. The normalized spacial score (nSPS) is 10.0. The van der Waals surface area contributed by atoms with Crippen molar-refractivity contribution in [1.82, 2.24) is 0 Å². The van der Waals surface area contributed by atoms with Gasteiger partial charge in [0.1, 0.15) is 0 Å². The molecule has 0 atom stereocenters. The quantitative estimate of drug-likeness (QED) is 0.217. The average molecular weight is 224 g/mol. The van der Waals surface area contributed by atoms with Gasteiger partial charge in [0.25, 0.3) is 0 Å². The topological polar surface area (TPSA) is 32.3 Å². The van der Waals surface area contributed by atoms with Gasteiger partial charge in [0, 0.05) is 6.61 Å². The first kappa shape index (κ1) is 18.3. The Balaban J connectivity index is 0. The molecule has 0 amide bonds. The van der Waals surface area contributed by atoms with E-state index in [1.165, 1.54) is 51.4 Å². The van der Waals surface area contributed by atoms with Gasteiger partial charge in [-0.15, -0.1) is 0 Å². The van der Waals surface area contributed by atoms with E-state index in [9.17, 15) is 5.26 Å². The summed E-state index contributed by atoms with van der Waals surface area (Å²) in [6, 6.07) is 0. The van der Waals surface area contributed by atoms with Crippen LogP contribution in [0.15, 0.2) is 0 Å². The van der Waals surface area contributed by atoms with Crippen LogP contribution in [-0.4, -0.2) is 6.61 Å². The molecule has 0 aliphatic carbocycles. The maximum Gasteiger partial charge on any atom is 1.00 e. The molecule has 0 fully saturated rings. The molecule has 0 rings (SSSR count). The van der Waals surface area contributed by atoms with Crippen molar-refractivity contribution in [2.24, 2.45) is 0 Å². The zero-order chi connectivity index (χ0) is 10.5. The predicted molar refractivity (Wildman–Crippen MR) is 57.8 cm³/mol. The average Bonchev–Trinajstić information content (AvgIpc) is 2.21. The second kappa shape index (κ2) is 17.3. The molecule has 0 unspecified atom stereocenters. The van der Waals surface area contributed by atoms with E-state index in [4.69, 9.17) is 0 Å². The summed E-state index contributed by atoms with van der Waals surface area (Å²) in [7, 11) is 0. The molecule has 3 heteroatoms. The first-order valence-corrected chi connectivity index (χ1v) is 6.16. The Morgan fingerprint density at radius 1 is 0.733 bits per heavy atom. The van der Waals surface area contributed by atoms with Crippen molar-refractivity contribution < 1.29 is 39.7 Å². The van der Waals surface area contributed by atoms with E-state index in [2.05, 4.69) is 11.8 Å². The van der Waals surface area contributed by atoms with E-state index >= 15 is 0 Å². The Morgan fingerprint density at radius 2 is 1.13 bits per heavy atom. The van der Waals surface area contributed by atoms with Crippen LogP contribution in [0.4, 0.5) is 0 Å². The standard InChI is InChI=1S/C12H26O2.Na/c1-2-3-4-5-6-7-8-9-10-11-12-14-13;/h13H,2-12H2,1H3;/q;+1/p-1. The fourth-order valence-electron chi connectivity index (χ4n) is 1.65. The number of rotatable bonds is 11. The predicted octanol–water partition coefficient (Wildman–Crippen LogP) is 0.203. The minimum absolute atomic E-state index is 0. The van der Waals surface area contributed by atoms with E-state index in [1.54, 1.807) is 0 Å². The van der Waals surface area contributed by atoms with Gasteiger partial charge in [-0.3, -0.25) is 0 Å². The monoisotopic (exact) mass is 224 g/mol. The Morgan fingerprint density at radius 3 is 1.53 bits per heavy atom. The second-order valence-corrected chi connectivity index (χ2v) is 4.00. The van der Waals surface area contributed by atoms with Crippen LogP contribution in [0.3, 0.4) is 0 Å². The van der Waals surface area contributed by atoms with E-state index in [-0.39, 0.29) is 29.6 Å². The van der Waals surface area contributed by atoms with Gasteiger partial charge in [0.2, 0.25) is 0 Å². The molecule has 0 aromatic rings. The molecule has 0 aliphatic rings. The van der Waals surface area contributed by atoms with E-state index in [0.717, 1.165) is 12.8 Å². The van der Waals surface area contributed by atoms with Crippen LogP contribution in [0.5, 0.6) is 0 Å². The molecule has 2 nitrogen and oxygen atoms in total. The van der Waals surface area contributed by atoms with Gasteiger partial charge in [-0.2, -0.15) is 0 Å². The molecular formula is C12H25NaO2. The van der Waals surface area contributed by atoms with Crippen LogP contribution < -0.4 is 34.8 Å². The number of hydrogen-bond donors (Lipinski definition) is 0. The largest absolute Gasteiger partial charge is 1.00 e. The van der Waals surface area contributed by atoms with Crippen LogP contribution in [-0.2, 0) is 4.89 Å². The van der Waals surface area contributed by atoms with E-state index in [0.29, 0.717) is 6.61 Å². The SMILES string of the molecule is CCCCCCCCCCCCO[O-].[Na+]. The fraction of sp³-hybridized carbons (Fsp3) is 1.00. The molecule has 0 bridgehead atoms. The summed E-state index contributed by atoms with van der Waals surface area (Å²) in [5, 5.41) is 9.67. The molecule has 0 aromatic heterocycles. The first-order valence-electron chi connectivity index (χ1n) is 6.16. The summed E-state index contributed by atoms with van der Waals surface area (Å²) in [6.45, 7) is 2.63. The maximum absolute atomic E-state index is 9.67. The van der Waals surface area contributed by atoms with Crippen molar-refractivity contribution in [3.05, 3.63) is 0 Å². The smallest absolute Gasteiger partial charge is 0.723 e. The summed E-state index contributed by atoms with van der Waals surface area (Å²) in [4.78, 5) is 3.76. The van der Waals surface area contributed by atoms with Gasteiger partial charge in [-0.05, 0) is 6.42 Å². The van der Waals surface area contributed by atoms with Crippen LogP contribution in [0.1, 0.15) is 71.1 Å². The molecule has 0 aliphatic heterocycles. The fourth-order valence-corrected chi connectivity index (χ4v) is 1.65. The van der Waals surface area contributed by atoms with Crippen molar-refractivity contribution in [1.29, 1.82) is 0 Å². The van der Waals surface area contributed by atoms with Gasteiger partial charge < -0.3 is 10.1 Å². The molecule has 0 saturated heterocycles. The van der Waals surface area contributed by atoms with Crippen LogP contribution in [0.25, 0.3) is 0 Å². The third-order valence-electron chi connectivity index (χ3n) is 2.58. The van der Waals surface area contributed by atoms with Gasteiger partial charge in [0.05, 0.1) is 0 Å². The van der Waals surface area contributed by atoms with Crippen molar-refractivity contribution in [2.75, 3.05) is 6.61 Å². The maximum atomic E-state index is 9.67. The number of unbranched alkanes of at least 4 members (excludes halogenated alkanes) is 9. The van der Waals surface area contributed by atoms with Crippen LogP contribution >= 0.6 is 0 Å². The van der Waals surface area contributed by atoms with Gasteiger partial charge >= 0.3 is 29.6 Å². The Labute approximate surface area is 117 Å². The minimum atomic E-state index is 0. The molecular weight excluding hydrogens is 199 g/mol. The Hall–Kier alpha value is 0.920. The Kier molecular flexibility index (Phi) is 21.1. The molecule has 0 heterocycles. The summed E-state index contributed by atoms with van der Waals surface area (Å²) >= 11 is 0. The minimum Gasteiger partial charge on any atom is -0.723 e. The zero-order valence-corrected chi connectivity index (χ0v) is 12.6. The number of hydrogen-bond acceptors (Lipinski definition) is 2. The van der Waals surface area contributed by atoms with Crippen LogP contribution in [0, 0.1) is 0 Å². The van der Waals surface area contributed by atoms with Crippen molar-refractivity contribution in [3.63, 3.8) is 0 Å². The van der Waals surface area contributed by atoms with Gasteiger partial charge in [-0.25, -0.2) is 0 Å². The van der Waals surface area contributed by atoms with Crippen molar-refractivity contribution in [2.45, 2.75) is 71.1 Å². The molecule has 0 radical (unpaired) electrons. The molecule has 0 spiro atoms. The Bertz CT molecular complexity index is 87.6. The van der Waals surface area contributed by atoms with Crippen LogP contribution in [0.2, 0.25) is 0 Å². The van der Waals surface area contributed by atoms with Crippen molar-refractivity contribution in [3.8, 4) is 0 Å². The summed E-state index contributed by atoms with van der Waals surface area (Å²) in [5.74, 6) is 0. The second-order valence-electron chi connectivity index (χ2n) is 4.00.